The minimum atomic E-state index is -0.286. The minimum absolute atomic E-state index is 0.264. The van der Waals surface area contributed by atoms with E-state index in [4.69, 9.17) is 16.3 Å². The maximum Gasteiger partial charge on any atom is 0.141 e. The van der Waals surface area contributed by atoms with E-state index in [1.165, 1.54) is 6.07 Å². The number of hydrogen-bond donors (Lipinski definition) is 1. The van der Waals surface area contributed by atoms with Gasteiger partial charge in [0.15, 0.2) is 0 Å². The topological polar surface area (TPSA) is 21.3 Å². The highest BCUT2D eigenvalue weighted by atomic mass is 79.9. The Morgan fingerprint density at radius 1 is 1.24 bits per heavy atom. The Kier molecular flexibility index (Phi) is 5.62. The second-order valence-electron chi connectivity index (χ2n) is 4.93. The van der Waals surface area contributed by atoms with Crippen LogP contribution in [0.5, 0.6) is 11.5 Å². The fraction of sp³-hybridized carbons (Fsp3) is 0.250. The number of nitrogens with one attached hydrogen (secondary N) is 1. The van der Waals surface area contributed by atoms with Crippen LogP contribution in [0.1, 0.15) is 19.4 Å². The highest BCUT2D eigenvalue weighted by Crippen LogP contribution is 2.34. The van der Waals surface area contributed by atoms with E-state index >= 15 is 0 Å². The van der Waals surface area contributed by atoms with E-state index in [9.17, 15) is 4.39 Å². The zero-order chi connectivity index (χ0) is 15.4. The molecule has 5 heteroatoms. The quantitative estimate of drug-likeness (QED) is 0.745. The third kappa shape index (κ3) is 4.43. The summed E-state index contributed by atoms with van der Waals surface area (Å²) in [6, 6.07) is 10.3. The van der Waals surface area contributed by atoms with Gasteiger partial charge in [0.2, 0.25) is 0 Å². The standard InChI is InChI=1S/C16H16BrClFNO/c1-10(2)20-9-12-14(19)4-3-5-15(12)21-16-7-6-11(18)8-13(16)17/h3-8,10,20H,9H2,1-2H3. The van der Waals surface area contributed by atoms with E-state index in [1.54, 1.807) is 30.3 Å². The van der Waals surface area contributed by atoms with Crippen LogP contribution in [0, 0.1) is 5.82 Å². The summed E-state index contributed by atoms with van der Waals surface area (Å²) in [4.78, 5) is 0. The van der Waals surface area contributed by atoms with Crippen molar-refractivity contribution in [1.82, 2.24) is 5.32 Å². The lowest BCUT2D eigenvalue weighted by molar-refractivity contribution is 0.455. The molecular weight excluding hydrogens is 357 g/mol. The summed E-state index contributed by atoms with van der Waals surface area (Å²) in [5.74, 6) is 0.799. The molecule has 0 radical (unpaired) electrons. The van der Waals surface area contributed by atoms with Crippen LogP contribution in [-0.2, 0) is 6.54 Å². The first-order valence-corrected chi connectivity index (χ1v) is 7.78. The van der Waals surface area contributed by atoms with Crippen molar-refractivity contribution in [3.63, 3.8) is 0 Å². The van der Waals surface area contributed by atoms with Crippen LogP contribution in [-0.4, -0.2) is 6.04 Å². The van der Waals surface area contributed by atoms with Gasteiger partial charge in [-0.05, 0) is 46.3 Å². The van der Waals surface area contributed by atoms with Gasteiger partial charge in [-0.3, -0.25) is 0 Å². The predicted molar refractivity (Wildman–Crippen MR) is 87.6 cm³/mol. The summed E-state index contributed by atoms with van der Waals surface area (Å²) < 4.78 is 20.6. The van der Waals surface area contributed by atoms with E-state index < -0.39 is 0 Å². The molecule has 2 aromatic rings. The third-order valence-electron chi connectivity index (χ3n) is 2.88. The molecule has 0 amide bonds. The Balaban J connectivity index is 2.28. The molecule has 0 unspecified atom stereocenters. The van der Waals surface area contributed by atoms with Gasteiger partial charge in [0.05, 0.1) is 4.47 Å². The number of halogens is 3. The second-order valence-corrected chi connectivity index (χ2v) is 6.22. The van der Waals surface area contributed by atoms with Gasteiger partial charge in [0, 0.05) is 23.2 Å². The molecule has 21 heavy (non-hydrogen) atoms. The molecule has 2 aromatic carbocycles. The van der Waals surface area contributed by atoms with Crippen LogP contribution in [0.15, 0.2) is 40.9 Å². The van der Waals surface area contributed by atoms with Crippen LogP contribution in [0.25, 0.3) is 0 Å². The monoisotopic (exact) mass is 371 g/mol. The molecule has 0 fully saturated rings. The highest BCUT2D eigenvalue weighted by Gasteiger charge is 2.12. The molecule has 1 N–H and O–H groups in total. The molecule has 0 aromatic heterocycles. The van der Waals surface area contributed by atoms with Gasteiger partial charge in [0.1, 0.15) is 17.3 Å². The smallest absolute Gasteiger partial charge is 0.141 e. The van der Waals surface area contributed by atoms with Crippen molar-refractivity contribution in [3.05, 3.63) is 57.3 Å². The first-order valence-electron chi connectivity index (χ1n) is 6.61. The summed E-state index contributed by atoms with van der Waals surface area (Å²) in [7, 11) is 0. The molecule has 0 bridgehead atoms. The summed E-state index contributed by atoms with van der Waals surface area (Å²) >= 11 is 9.30. The van der Waals surface area contributed by atoms with Crippen molar-refractivity contribution in [1.29, 1.82) is 0 Å². The molecule has 2 nitrogen and oxygen atoms in total. The molecule has 112 valence electrons. The molecule has 0 aliphatic carbocycles. The van der Waals surface area contributed by atoms with Crippen molar-refractivity contribution in [2.75, 3.05) is 0 Å². The molecular formula is C16H16BrClFNO. The third-order valence-corrected chi connectivity index (χ3v) is 3.73. The maximum atomic E-state index is 14.0. The van der Waals surface area contributed by atoms with E-state index in [1.807, 2.05) is 13.8 Å². The van der Waals surface area contributed by atoms with Gasteiger partial charge in [-0.15, -0.1) is 0 Å². The van der Waals surface area contributed by atoms with Gasteiger partial charge < -0.3 is 10.1 Å². The van der Waals surface area contributed by atoms with Crippen LogP contribution < -0.4 is 10.1 Å². The fourth-order valence-electron chi connectivity index (χ4n) is 1.79. The normalized spacial score (nSPS) is 11.0. The molecule has 0 aliphatic rings. The number of hydrogen-bond acceptors (Lipinski definition) is 2. The molecule has 0 spiro atoms. The predicted octanol–water partition coefficient (Wildman–Crippen LogP) is 5.53. The lowest BCUT2D eigenvalue weighted by Gasteiger charge is -2.15. The SMILES string of the molecule is CC(C)NCc1c(F)cccc1Oc1ccc(Cl)cc1Br. The average molecular weight is 373 g/mol. The fourth-order valence-corrected chi connectivity index (χ4v) is 2.55. The van der Waals surface area contributed by atoms with Crippen molar-refractivity contribution >= 4 is 27.5 Å². The number of rotatable bonds is 5. The van der Waals surface area contributed by atoms with Crippen LogP contribution in [0.2, 0.25) is 5.02 Å². The molecule has 0 atom stereocenters. The van der Waals surface area contributed by atoms with E-state index in [2.05, 4.69) is 21.2 Å². The maximum absolute atomic E-state index is 14.0. The molecule has 0 saturated carbocycles. The van der Waals surface area contributed by atoms with Gasteiger partial charge in [-0.1, -0.05) is 31.5 Å². The number of ether oxygens (including phenoxy) is 1. The summed E-state index contributed by atoms with van der Waals surface area (Å²) in [5, 5.41) is 3.81. The lowest BCUT2D eigenvalue weighted by Crippen LogP contribution is -2.22. The van der Waals surface area contributed by atoms with E-state index in [0.29, 0.717) is 28.6 Å². The summed E-state index contributed by atoms with van der Waals surface area (Å²) in [5.41, 5.74) is 0.507. The molecule has 2 rings (SSSR count). The van der Waals surface area contributed by atoms with Crippen LogP contribution in [0.3, 0.4) is 0 Å². The van der Waals surface area contributed by atoms with Crippen molar-refractivity contribution < 1.29 is 9.13 Å². The highest BCUT2D eigenvalue weighted by molar-refractivity contribution is 9.10. The zero-order valence-electron chi connectivity index (χ0n) is 11.8. The first-order chi connectivity index (χ1) is 9.97. The second kappa shape index (κ2) is 7.25. The van der Waals surface area contributed by atoms with Crippen LogP contribution in [0.4, 0.5) is 4.39 Å². The average Bonchev–Trinajstić information content (AvgIpc) is 2.41. The Morgan fingerprint density at radius 2 is 2.00 bits per heavy atom. The van der Waals surface area contributed by atoms with E-state index in [0.717, 1.165) is 4.47 Å². The van der Waals surface area contributed by atoms with Crippen molar-refractivity contribution in [2.24, 2.45) is 0 Å². The first kappa shape index (κ1) is 16.3. The Labute approximate surface area is 137 Å². The minimum Gasteiger partial charge on any atom is -0.456 e. The van der Waals surface area contributed by atoms with E-state index in [-0.39, 0.29) is 11.9 Å². The summed E-state index contributed by atoms with van der Waals surface area (Å²) in [6.45, 7) is 4.43. The molecule has 0 saturated heterocycles. The largest absolute Gasteiger partial charge is 0.456 e. The zero-order valence-corrected chi connectivity index (χ0v) is 14.1. The Morgan fingerprint density at radius 3 is 2.67 bits per heavy atom. The number of benzene rings is 2. The van der Waals surface area contributed by atoms with Gasteiger partial charge in [-0.2, -0.15) is 0 Å². The van der Waals surface area contributed by atoms with Crippen molar-refractivity contribution in [3.8, 4) is 11.5 Å². The Hall–Kier alpha value is -1.10. The van der Waals surface area contributed by atoms with Crippen LogP contribution >= 0.6 is 27.5 Å². The van der Waals surface area contributed by atoms with Crippen molar-refractivity contribution in [2.45, 2.75) is 26.4 Å². The van der Waals surface area contributed by atoms with Gasteiger partial charge in [0.25, 0.3) is 0 Å². The summed E-state index contributed by atoms with van der Waals surface area (Å²) in [6.07, 6.45) is 0. The Bertz CT molecular complexity index is 634. The lowest BCUT2D eigenvalue weighted by atomic mass is 10.1. The molecule has 0 heterocycles. The van der Waals surface area contributed by atoms with Gasteiger partial charge in [-0.25, -0.2) is 4.39 Å². The van der Waals surface area contributed by atoms with Gasteiger partial charge >= 0.3 is 0 Å². The molecule has 0 aliphatic heterocycles.